The molecule has 1 aromatic carbocycles. The fourth-order valence-corrected chi connectivity index (χ4v) is 6.28. The Hall–Kier alpha value is -2.41. The van der Waals surface area contributed by atoms with Gasteiger partial charge in [0.05, 0.1) is 10.6 Å². The number of fused-ring (bicyclic) bond motifs is 2. The number of hydrogen-bond acceptors (Lipinski definition) is 4. The minimum atomic E-state index is -3.29. The first kappa shape index (κ1) is 18.9. The maximum Gasteiger partial charge on any atom is 0.319 e. The van der Waals surface area contributed by atoms with Crippen LogP contribution in [-0.2, 0) is 16.4 Å². The van der Waals surface area contributed by atoms with Crippen molar-refractivity contribution in [2.75, 3.05) is 11.1 Å². The average molecular weight is 400 g/mol. The number of amides is 2. The van der Waals surface area contributed by atoms with E-state index in [0.717, 1.165) is 17.9 Å². The minimum absolute atomic E-state index is 0.243. The first-order valence-electron chi connectivity index (χ1n) is 9.76. The molecule has 2 amide bonds. The summed E-state index contributed by atoms with van der Waals surface area (Å²) in [5, 5.41) is 5.47. The number of urea groups is 1. The Morgan fingerprint density at radius 3 is 2.57 bits per heavy atom. The van der Waals surface area contributed by atoms with Gasteiger partial charge < -0.3 is 10.6 Å². The van der Waals surface area contributed by atoms with Gasteiger partial charge in [-0.1, -0.05) is 12.5 Å². The Kier molecular flexibility index (Phi) is 5.35. The van der Waals surface area contributed by atoms with Crippen molar-refractivity contribution in [2.45, 2.75) is 37.1 Å². The monoisotopic (exact) mass is 399 g/mol. The van der Waals surface area contributed by atoms with Gasteiger partial charge in [-0.3, -0.25) is 4.98 Å². The Labute approximate surface area is 165 Å². The van der Waals surface area contributed by atoms with Gasteiger partial charge in [0.2, 0.25) is 0 Å². The van der Waals surface area contributed by atoms with Gasteiger partial charge in [-0.25, -0.2) is 13.2 Å². The summed E-state index contributed by atoms with van der Waals surface area (Å²) in [6.45, 7) is 0.371. The average Bonchev–Trinajstić information content (AvgIpc) is 3.30. The second-order valence-electron chi connectivity index (χ2n) is 7.91. The smallest absolute Gasteiger partial charge is 0.319 e. The highest BCUT2D eigenvalue weighted by atomic mass is 32.2. The van der Waals surface area contributed by atoms with Crippen molar-refractivity contribution < 1.29 is 13.2 Å². The van der Waals surface area contributed by atoms with E-state index in [0.29, 0.717) is 29.0 Å². The number of carbonyl (C=O) groups is 1. The van der Waals surface area contributed by atoms with E-state index >= 15 is 0 Å². The van der Waals surface area contributed by atoms with E-state index in [9.17, 15) is 13.2 Å². The highest BCUT2D eigenvalue weighted by Gasteiger charge is 2.41. The zero-order valence-electron chi connectivity index (χ0n) is 15.7. The molecule has 7 heteroatoms. The summed E-state index contributed by atoms with van der Waals surface area (Å²) in [5.41, 5.74) is 1.46. The molecule has 2 aliphatic carbocycles. The largest absolute Gasteiger partial charge is 0.334 e. The lowest BCUT2D eigenvalue weighted by atomic mass is 9.90. The SMILES string of the molecule is O=C(NCc1cccnc1)Nc1ccc(S(=O)(=O)C[C@H]2C[C@@H]3CC[C@H]2C3)cc1. The van der Waals surface area contributed by atoms with Crippen molar-refractivity contribution in [3.63, 3.8) is 0 Å². The molecule has 2 fully saturated rings. The number of pyridine rings is 1. The van der Waals surface area contributed by atoms with Crippen LogP contribution in [0.3, 0.4) is 0 Å². The molecule has 1 heterocycles. The summed E-state index contributed by atoms with van der Waals surface area (Å²) < 4.78 is 25.5. The third-order valence-corrected chi connectivity index (χ3v) is 7.82. The van der Waals surface area contributed by atoms with Gasteiger partial charge in [-0.15, -0.1) is 0 Å². The molecule has 28 heavy (non-hydrogen) atoms. The number of nitrogens with zero attached hydrogens (tertiary/aromatic N) is 1. The van der Waals surface area contributed by atoms with E-state index < -0.39 is 9.84 Å². The molecule has 2 aliphatic rings. The molecule has 0 spiro atoms. The molecule has 2 saturated carbocycles. The fraction of sp³-hybridized carbons (Fsp3) is 0.429. The van der Waals surface area contributed by atoms with Gasteiger partial charge in [-0.05, 0) is 72.9 Å². The Bertz CT molecular complexity index is 929. The molecular formula is C21H25N3O3S. The number of carbonyl (C=O) groups excluding carboxylic acids is 1. The molecule has 0 saturated heterocycles. The van der Waals surface area contributed by atoms with Crippen LogP contribution in [0.25, 0.3) is 0 Å². The predicted octanol–water partition coefficient (Wildman–Crippen LogP) is 3.61. The molecule has 2 bridgehead atoms. The Balaban J connectivity index is 1.32. The summed E-state index contributed by atoms with van der Waals surface area (Å²) in [5.74, 6) is 1.87. The normalized spacial score (nSPS) is 23.5. The molecule has 0 unspecified atom stereocenters. The van der Waals surface area contributed by atoms with Gasteiger partial charge >= 0.3 is 6.03 Å². The lowest BCUT2D eigenvalue weighted by Crippen LogP contribution is -2.28. The number of anilines is 1. The summed E-state index contributed by atoms with van der Waals surface area (Å²) in [6, 6.07) is 9.78. The maximum atomic E-state index is 12.8. The fourth-order valence-electron chi connectivity index (χ4n) is 4.56. The Morgan fingerprint density at radius 2 is 1.93 bits per heavy atom. The minimum Gasteiger partial charge on any atom is -0.334 e. The molecule has 0 aliphatic heterocycles. The summed E-state index contributed by atoms with van der Waals surface area (Å²) in [7, 11) is -3.29. The highest BCUT2D eigenvalue weighted by molar-refractivity contribution is 7.91. The van der Waals surface area contributed by atoms with Crippen LogP contribution in [0.4, 0.5) is 10.5 Å². The van der Waals surface area contributed by atoms with E-state index in [1.165, 1.54) is 19.3 Å². The zero-order chi connectivity index (χ0) is 19.6. The summed E-state index contributed by atoms with van der Waals surface area (Å²) >= 11 is 0. The van der Waals surface area contributed by atoms with E-state index in [-0.39, 0.29) is 11.8 Å². The third kappa shape index (κ3) is 4.35. The van der Waals surface area contributed by atoms with Crippen molar-refractivity contribution in [1.82, 2.24) is 10.3 Å². The van der Waals surface area contributed by atoms with Crippen LogP contribution in [0, 0.1) is 17.8 Å². The van der Waals surface area contributed by atoms with Crippen molar-refractivity contribution in [3.8, 4) is 0 Å². The molecule has 3 atom stereocenters. The van der Waals surface area contributed by atoms with Crippen LogP contribution < -0.4 is 10.6 Å². The second kappa shape index (κ2) is 7.91. The number of nitrogens with one attached hydrogen (secondary N) is 2. The van der Waals surface area contributed by atoms with Crippen LogP contribution in [0.15, 0.2) is 53.7 Å². The molecule has 2 N–H and O–H groups in total. The topological polar surface area (TPSA) is 88.2 Å². The van der Waals surface area contributed by atoms with Crippen molar-refractivity contribution >= 4 is 21.6 Å². The van der Waals surface area contributed by atoms with Crippen molar-refractivity contribution in [3.05, 3.63) is 54.4 Å². The molecule has 6 nitrogen and oxygen atoms in total. The van der Waals surface area contributed by atoms with E-state index in [2.05, 4.69) is 15.6 Å². The highest BCUT2D eigenvalue weighted by Crippen LogP contribution is 2.49. The molecule has 4 rings (SSSR count). The van der Waals surface area contributed by atoms with Crippen molar-refractivity contribution in [1.29, 1.82) is 0 Å². The van der Waals surface area contributed by atoms with Gasteiger partial charge in [0.15, 0.2) is 9.84 Å². The predicted molar refractivity (Wildman–Crippen MR) is 108 cm³/mol. The van der Waals surface area contributed by atoms with E-state index in [4.69, 9.17) is 0 Å². The summed E-state index contributed by atoms with van der Waals surface area (Å²) in [4.78, 5) is 16.3. The van der Waals surface area contributed by atoms with Crippen molar-refractivity contribution in [2.24, 2.45) is 17.8 Å². The number of aromatic nitrogens is 1. The van der Waals surface area contributed by atoms with E-state index in [1.54, 1.807) is 36.7 Å². The van der Waals surface area contributed by atoms with Gasteiger partial charge in [0.25, 0.3) is 0 Å². The third-order valence-electron chi connectivity index (χ3n) is 5.97. The quantitative estimate of drug-likeness (QED) is 0.777. The van der Waals surface area contributed by atoms with Crippen LogP contribution in [0.1, 0.15) is 31.2 Å². The Morgan fingerprint density at radius 1 is 1.11 bits per heavy atom. The molecular weight excluding hydrogens is 374 g/mol. The second-order valence-corrected chi connectivity index (χ2v) is 9.94. The lowest BCUT2D eigenvalue weighted by molar-refractivity contribution is 0.251. The van der Waals surface area contributed by atoms with Gasteiger partial charge in [0.1, 0.15) is 0 Å². The molecule has 1 aromatic heterocycles. The standard InChI is InChI=1S/C21H25N3O3S/c25-21(23-13-16-2-1-9-22-12-16)24-19-5-7-20(8-6-19)28(26,27)14-18-11-15-3-4-17(18)10-15/h1-2,5-9,12,15,17-18H,3-4,10-11,13-14H2,(H2,23,24,25)/t15-,17+,18-/m1/s1. The first-order valence-corrected chi connectivity index (χ1v) is 11.4. The van der Waals surface area contributed by atoms with Crippen LogP contribution in [0.5, 0.6) is 0 Å². The van der Waals surface area contributed by atoms with Crippen LogP contribution >= 0.6 is 0 Å². The van der Waals surface area contributed by atoms with E-state index in [1.807, 2.05) is 12.1 Å². The summed E-state index contributed by atoms with van der Waals surface area (Å²) in [6.07, 6.45) is 8.08. The van der Waals surface area contributed by atoms with Crippen LogP contribution in [-0.4, -0.2) is 25.2 Å². The molecule has 2 aromatic rings. The molecule has 148 valence electrons. The van der Waals surface area contributed by atoms with Gasteiger partial charge in [-0.2, -0.15) is 0 Å². The zero-order valence-corrected chi connectivity index (χ0v) is 16.5. The number of sulfone groups is 1. The molecule has 0 radical (unpaired) electrons. The maximum absolute atomic E-state index is 12.8. The number of hydrogen-bond donors (Lipinski definition) is 2. The van der Waals surface area contributed by atoms with Crippen LogP contribution in [0.2, 0.25) is 0 Å². The lowest BCUT2D eigenvalue weighted by Gasteiger charge is -2.21. The number of rotatable bonds is 6. The number of benzene rings is 1. The first-order chi connectivity index (χ1) is 13.5. The van der Waals surface area contributed by atoms with Gasteiger partial charge in [0, 0.05) is 24.6 Å².